The molecule has 1 heterocycles. The van der Waals surface area contributed by atoms with Gasteiger partial charge in [0.15, 0.2) is 0 Å². The van der Waals surface area contributed by atoms with Crippen LogP contribution in [0.3, 0.4) is 0 Å². The molecule has 21 heavy (non-hydrogen) atoms. The van der Waals surface area contributed by atoms with Crippen LogP contribution in [-0.4, -0.2) is 30.1 Å². The fraction of sp³-hybridized carbons (Fsp3) is 0.600. The van der Waals surface area contributed by atoms with Crippen LogP contribution in [0.4, 0.5) is 13.2 Å². The van der Waals surface area contributed by atoms with Crippen molar-refractivity contribution in [1.29, 1.82) is 0 Å². The van der Waals surface area contributed by atoms with E-state index < -0.39 is 11.7 Å². The molecule has 120 valence electrons. The molecular weight excluding hydrogens is 303 g/mol. The molecule has 0 aromatic heterocycles. The zero-order chi connectivity index (χ0) is 15.0. The number of nitrogens with zero attached hydrogens (tertiary/aromatic N) is 1. The van der Waals surface area contributed by atoms with Gasteiger partial charge < -0.3 is 4.74 Å². The molecule has 0 radical (unpaired) electrons. The van der Waals surface area contributed by atoms with Crippen molar-refractivity contribution in [2.75, 3.05) is 19.7 Å². The summed E-state index contributed by atoms with van der Waals surface area (Å²) in [6.45, 7) is 8.26. The molecule has 1 saturated heterocycles. The minimum absolute atomic E-state index is 0. The number of halogens is 4. The van der Waals surface area contributed by atoms with Crippen molar-refractivity contribution in [3.8, 4) is 0 Å². The Hall–Kier alpha value is -0.780. The minimum Gasteiger partial charge on any atom is -0.371 e. The topological polar surface area (TPSA) is 12.5 Å². The maximum atomic E-state index is 12.7. The van der Waals surface area contributed by atoms with E-state index in [9.17, 15) is 13.2 Å². The summed E-state index contributed by atoms with van der Waals surface area (Å²) in [4.78, 5) is 2.24. The summed E-state index contributed by atoms with van der Waals surface area (Å²) in [6, 6.07) is 5.42. The summed E-state index contributed by atoms with van der Waals surface area (Å²) in [6.07, 6.45) is -4.61. The van der Waals surface area contributed by atoms with E-state index in [0.717, 1.165) is 12.6 Å². The first-order valence-corrected chi connectivity index (χ1v) is 6.72. The van der Waals surface area contributed by atoms with Gasteiger partial charge in [0.1, 0.15) is 0 Å². The van der Waals surface area contributed by atoms with Crippen molar-refractivity contribution < 1.29 is 17.9 Å². The molecule has 1 unspecified atom stereocenters. The van der Waals surface area contributed by atoms with Crippen molar-refractivity contribution in [2.24, 2.45) is 0 Å². The standard InChI is InChI=1S/C15H20F3NO.ClH/c1-14(2,3)19-7-8-20-13(10-19)11-5-4-6-12(9-11)15(16,17)18;/h4-6,9,13H,7-8,10H2,1-3H3;1H. The second kappa shape index (κ2) is 6.55. The number of hydrogen-bond acceptors (Lipinski definition) is 2. The van der Waals surface area contributed by atoms with Gasteiger partial charge in [-0.3, -0.25) is 4.90 Å². The Balaban J connectivity index is 0.00000220. The molecule has 0 N–H and O–H groups in total. The maximum Gasteiger partial charge on any atom is 0.416 e. The lowest BCUT2D eigenvalue weighted by molar-refractivity contribution is -0.137. The Labute approximate surface area is 129 Å². The number of rotatable bonds is 1. The van der Waals surface area contributed by atoms with Crippen molar-refractivity contribution in [3.05, 3.63) is 35.4 Å². The molecular formula is C15H21ClF3NO. The van der Waals surface area contributed by atoms with E-state index in [4.69, 9.17) is 4.74 Å². The predicted octanol–water partition coefficient (Wildman–Crippen LogP) is 4.30. The van der Waals surface area contributed by atoms with E-state index in [1.807, 2.05) is 0 Å². The highest BCUT2D eigenvalue weighted by atomic mass is 35.5. The van der Waals surface area contributed by atoms with E-state index in [1.54, 1.807) is 6.07 Å². The predicted molar refractivity (Wildman–Crippen MR) is 78.7 cm³/mol. The van der Waals surface area contributed by atoms with Crippen molar-refractivity contribution in [2.45, 2.75) is 38.6 Å². The smallest absolute Gasteiger partial charge is 0.371 e. The zero-order valence-corrected chi connectivity index (χ0v) is 13.2. The van der Waals surface area contributed by atoms with Gasteiger partial charge in [-0.25, -0.2) is 0 Å². The molecule has 0 spiro atoms. The van der Waals surface area contributed by atoms with Crippen LogP contribution in [-0.2, 0) is 10.9 Å². The molecule has 2 rings (SSSR count). The number of morpholine rings is 1. The van der Waals surface area contributed by atoms with Crippen LogP contribution in [0.5, 0.6) is 0 Å². The van der Waals surface area contributed by atoms with Crippen molar-refractivity contribution >= 4 is 12.4 Å². The van der Waals surface area contributed by atoms with E-state index in [2.05, 4.69) is 25.7 Å². The Morgan fingerprint density at radius 3 is 2.43 bits per heavy atom. The summed E-state index contributed by atoms with van der Waals surface area (Å²) < 4.78 is 43.9. The first kappa shape index (κ1) is 18.3. The highest BCUT2D eigenvalue weighted by molar-refractivity contribution is 5.85. The van der Waals surface area contributed by atoms with Gasteiger partial charge in [0.25, 0.3) is 0 Å². The lowest BCUT2D eigenvalue weighted by Gasteiger charge is -2.41. The van der Waals surface area contributed by atoms with Crippen LogP contribution >= 0.6 is 12.4 Å². The third kappa shape index (κ3) is 4.59. The van der Waals surface area contributed by atoms with E-state index in [0.29, 0.717) is 18.7 Å². The van der Waals surface area contributed by atoms with Gasteiger partial charge >= 0.3 is 6.18 Å². The minimum atomic E-state index is -4.31. The molecule has 1 aliphatic heterocycles. The highest BCUT2D eigenvalue weighted by Gasteiger charge is 2.33. The second-order valence-corrected chi connectivity index (χ2v) is 6.10. The van der Waals surface area contributed by atoms with Crippen LogP contribution in [0.25, 0.3) is 0 Å². The van der Waals surface area contributed by atoms with Crippen LogP contribution in [0, 0.1) is 0 Å². The summed E-state index contributed by atoms with van der Waals surface area (Å²) in [5, 5.41) is 0. The van der Waals surface area contributed by atoms with Gasteiger partial charge in [0.05, 0.1) is 18.3 Å². The van der Waals surface area contributed by atoms with Crippen molar-refractivity contribution in [3.63, 3.8) is 0 Å². The van der Waals surface area contributed by atoms with Gasteiger partial charge in [0, 0.05) is 18.6 Å². The monoisotopic (exact) mass is 323 g/mol. The van der Waals surface area contributed by atoms with Gasteiger partial charge in [-0.2, -0.15) is 13.2 Å². The Kier molecular flexibility index (Phi) is 5.69. The maximum absolute atomic E-state index is 12.7. The molecule has 6 heteroatoms. The Morgan fingerprint density at radius 2 is 1.86 bits per heavy atom. The zero-order valence-electron chi connectivity index (χ0n) is 12.4. The average Bonchev–Trinajstić information content (AvgIpc) is 2.37. The fourth-order valence-electron chi connectivity index (χ4n) is 2.38. The van der Waals surface area contributed by atoms with Gasteiger partial charge in [-0.15, -0.1) is 12.4 Å². The normalized spacial score (nSPS) is 21.0. The van der Waals surface area contributed by atoms with E-state index >= 15 is 0 Å². The molecule has 0 saturated carbocycles. The molecule has 1 aromatic carbocycles. The first-order chi connectivity index (χ1) is 9.18. The lowest BCUT2D eigenvalue weighted by Crippen LogP contribution is -2.48. The van der Waals surface area contributed by atoms with Crippen LogP contribution in [0.15, 0.2) is 24.3 Å². The second-order valence-electron chi connectivity index (χ2n) is 6.10. The van der Waals surface area contributed by atoms with Crippen LogP contribution < -0.4 is 0 Å². The largest absolute Gasteiger partial charge is 0.416 e. The average molecular weight is 324 g/mol. The molecule has 2 nitrogen and oxygen atoms in total. The number of hydrogen-bond donors (Lipinski definition) is 0. The van der Waals surface area contributed by atoms with Gasteiger partial charge in [-0.1, -0.05) is 12.1 Å². The molecule has 0 amide bonds. The van der Waals surface area contributed by atoms with Gasteiger partial charge in [-0.05, 0) is 38.5 Å². The highest BCUT2D eigenvalue weighted by Crippen LogP contribution is 2.33. The molecule has 0 bridgehead atoms. The fourth-order valence-corrected chi connectivity index (χ4v) is 2.38. The SMILES string of the molecule is CC(C)(C)N1CCOC(c2cccc(C(F)(F)F)c2)C1.Cl. The summed E-state index contributed by atoms with van der Waals surface area (Å²) in [7, 11) is 0. The quantitative estimate of drug-likeness (QED) is 0.764. The summed E-state index contributed by atoms with van der Waals surface area (Å²) >= 11 is 0. The van der Waals surface area contributed by atoms with E-state index in [1.165, 1.54) is 12.1 Å². The Morgan fingerprint density at radius 1 is 1.19 bits per heavy atom. The summed E-state index contributed by atoms with van der Waals surface area (Å²) in [5.41, 5.74) is -0.0378. The van der Waals surface area contributed by atoms with Crippen LogP contribution in [0.2, 0.25) is 0 Å². The molecule has 1 aliphatic rings. The van der Waals surface area contributed by atoms with Crippen molar-refractivity contribution in [1.82, 2.24) is 4.90 Å². The first-order valence-electron chi connectivity index (χ1n) is 6.72. The number of ether oxygens (including phenoxy) is 1. The Bertz CT molecular complexity index is 471. The molecule has 1 fully saturated rings. The summed E-state index contributed by atoms with van der Waals surface area (Å²) in [5.74, 6) is 0. The van der Waals surface area contributed by atoms with Crippen LogP contribution in [0.1, 0.15) is 38.0 Å². The third-order valence-electron chi connectivity index (χ3n) is 3.60. The number of benzene rings is 1. The third-order valence-corrected chi connectivity index (χ3v) is 3.60. The lowest BCUT2D eigenvalue weighted by atomic mass is 10.0. The molecule has 1 atom stereocenters. The number of alkyl halides is 3. The molecule has 0 aliphatic carbocycles. The van der Waals surface area contributed by atoms with Gasteiger partial charge in [0.2, 0.25) is 0 Å². The van der Waals surface area contributed by atoms with E-state index in [-0.39, 0.29) is 24.0 Å². The molecule has 1 aromatic rings.